The molecule has 88 valence electrons. The Hall–Kier alpha value is -1.02. The highest BCUT2D eigenvalue weighted by Crippen LogP contribution is 2.29. The van der Waals surface area contributed by atoms with E-state index in [9.17, 15) is 4.79 Å². The quantitative estimate of drug-likeness (QED) is 0.759. The number of ether oxygens (including phenoxy) is 1. The topological polar surface area (TPSA) is 26.3 Å². The van der Waals surface area contributed by atoms with Crippen LogP contribution in [0.1, 0.15) is 32.3 Å². The fraction of sp³-hybridized carbons (Fsp3) is 0.462. The smallest absolute Gasteiger partial charge is 0.138 e. The molecule has 0 radical (unpaired) electrons. The van der Waals surface area contributed by atoms with Gasteiger partial charge in [-0.05, 0) is 38.3 Å². The highest BCUT2D eigenvalue weighted by molar-refractivity contribution is 6.32. The van der Waals surface area contributed by atoms with E-state index in [1.165, 1.54) is 0 Å². The van der Waals surface area contributed by atoms with Gasteiger partial charge >= 0.3 is 0 Å². The molecule has 0 aliphatic rings. The second-order valence-electron chi connectivity index (χ2n) is 3.72. The Kier molecular flexibility index (Phi) is 5.33. The summed E-state index contributed by atoms with van der Waals surface area (Å²) in [5.74, 6) is 0.946. The summed E-state index contributed by atoms with van der Waals surface area (Å²) in [4.78, 5) is 10.8. The number of halogens is 1. The van der Waals surface area contributed by atoms with Crippen LogP contribution < -0.4 is 4.74 Å². The first-order valence-electron chi connectivity index (χ1n) is 5.54. The van der Waals surface area contributed by atoms with Crippen LogP contribution in [0.15, 0.2) is 18.2 Å². The van der Waals surface area contributed by atoms with Crippen molar-refractivity contribution in [2.45, 2.75) is 33.1 Å². The van der Waals surface area contributed by atoms with Crippen molar-refractivity contribution < 1.29 is 9.53 Å². The van der Waals surface area contributed by atoms with Gasteiger partial charge in [0.2, 0.25) is 0 Å². The molecule has 3 heteroatoms. The van der Waals surface area contributed by atoms with E-state index >= 15 is 0 Å². The number of carbonyl (C=O) groups excluding carboxylic acids is 1. The van der Waals surface area contributed by atoms with Gasteiger partial charge in [0.15, 0.2) is 0 Å². The average molecular weight is 241 g/mol. The molecular formula is C13H17ClO2. The summed E-state index contributed by atoms with van der Waals surface area (Å²) in [5.41, 5.74) is 1.05. The molecule has 2 nitrogen and oxygen atoms in total. The summed E-state index contributed by atoms with van der Waals surface area (Å²) in [6, 6.07) is 5.77. The van der Waals surface area contributed by atoms with E-state index in [1.807, 2.05) is 25.1 Å². The van der Waals surface area contributed by atoms with Crippen LogP contribution in [0, 0.1) is 0 Å². The maximum atomic E-state index is 10.8. The number of carbonyl (C=O) groups is 1. The van der Waals surface area contributed by atoms with E-state index in [2.05, 4.69) is 0 Å². The van der Waals surface area contributed by atoms with E-state index in [1.54, 1.807) is 6.92 Å². The van der Waals surface area contributed by atoms with Crippen LogP contribution in [0.25, 0.3) is 0 Å². The van der Waals surface area contributed by atoms with Crippen molar-refractivity contribution in [3.63, 3.8) is 0 Å². The lowest BCUT2D eigenvalue weighted by molar-refractivity contribution is -0.117. The Labute approximate surface area is 102 Å². The van der Waals surface area contributed by atoms with Crippen molar-refractivity contribution in [1.82, 2.24) is 0 Å². The van der Waals surface area contributed by atoms with Crippen molar-refractivity contribution >= 4 is 17.4 Å². The molecule has 0 aliphatic carbocycles. The van der Waals surface area contributed by atoms with Gasteiger partial charge in [-0.3, -0.25) is 0 Å². The SMILES string of the molecule is CCOc1cccc(CCCC(C)=O)c1Cl. The van der Waals surface area contributed by atoms with Crippen LogP contribution >= 0.6 is 11.6 Å². The minimum Gasteiger partial charge on any atom is -0.492 e. The predicted octanol–water partition coefficient (Wildman–Crippen LogP) is 3.65. The molecule has 0 aliphatic heterocycles. The third kappa shape index (κ3) is 3.86. The number of hydrogen-bond acceptors (Lipinski definition) is 2. The normalized spacial score (nSPS) is 10.2. The average Bonchev–Trinajstić information content (AvgIpc) is 2.23. The van der Waals surface area contributed by atoms with Crippen LogP contribution in [0.3, 0.4) is 0 Å². The number of benzene rings is 1. The van der Waals surface area contributed by atoms with Gasteiger partial charge in [-0.1, -0.05) is 23.7 Å². The summed E-state index contributed by atoms with van der Waals surface area (Å²) in [5, 5.41) is 0.674. The van der Waals surface area contributed by atoms with Gasteiger partial charge in [0, 0.05) is 6.42 Å². The van der Waals surface area contributed by atoms with Gasteiger partial charge in [-0.15, -0.1) is 0 Å². The van der Waals surface area contributed by atoms with Crippen LogP contribution in [0.2, 0.25) is 5.02 Å². The zero-order chi connectivity index (χ0) is 12.0. The van der Waals surface area contributed by atoms with E-state index < -0.39 is 0 Å². The van der Waals surface area contributed by atoms with Gasteiger partial charge in [0.1, 0.15) is 11.5 Å². The molecule has 0 heterocycles. The highest BCUT2D eigenvalue weighted by atomic mass is 35.5. The number of Topliss-reactive ketones (excluding diaryl/α,β-unsaturated/α-hetero) is 1. The summed E-state index contributed by atoms with van der Waals surface area (Å²) < 4.78 is 5.41. The van der Waals surface area contributed by atoms with Crippen molar-refractivity contribution in [3.8, 4) is 5.75 Å². The molecule has 1 aromatic carbocycles. The molecule has 0 atom stereocenters. The first kappa shape index (κ1) is 13.0. The molecule has 0 spiro atoms. The zero-order valence-electron chi connectivity index (χ0n) is 9.75. The third-order valence-corrected chi connectivity index (χ3v) is 2.75. The number of hydrogen-bond donors (Lipinski definition) is 0. The molecule has 1 aromatic rings. The van der Waals surface area contributed by atoms with Crippen molar-refractivity contribution in [1.29, 1.82) is 0 Å². The van der Waals surface area contributed by atoms with Crippen LogP contribution in [-0.2, 0) is 11.2 Å². The van der Waals surface area contributed by atoms with Gasteiger partial charge in [-0.25, -0.2) is 0 Å². The molecule has 1 rings (SSSR count). The minimum atomic E-state index is 0.220. The fourth-order valence-electron chi connectivity index (χ4n) is 1.54. The summed E-state index contributed by atoms with van der Waals surface area (Å²) in [6.07, 6.45) is 2.26. The van der Waals surface area contributed by atoms with Crippen molar-refractivity contribution in [2.24, 2.45) is 0 Å². The minimum absolute atomic E-state index is 0.220. The van der Waals surface area contributed by atoms with E-state index in [0.717, 1.165) is 24.2 Å². The molecule has 0 saturated heterocycles. The van der Waals surface area contributed by atoms with Gasteiger partial charge in [0.25, 0.3) is 0 Å². The van der Waals surface area contributed by atoms with Crippen LogP contribution in [0.5, 0.6) is 5.75 Å². The molecule has 16 heavy (non-hydrogen) atoms. The van der Waals surface area contributed by atoms with Crippen LogP contribution in [-0.4, -0.2) is 12.4 Å². The largest absolute Gasteiger partial charge is 0.492 e. The first-order valence-corrected chi connectivity index (χ1v) is 5.92. The molecular weight excluding hydrogens is 224 g/mol. The fourth-order valence-corrected chi connectivity index (χ4v) is 1.82. The zero-order valence-corrected chi connectivity index (χ0v) is 10.5. The lowest BCUT2D eigenvalue weighted by Gasteiger charge is -2.09. The third-order valence-electron chi connectivity index (χ3n) is 2.32. The summed E-state index contributed by atoms with van der Waals surface area (Å²) in [6.45, 7) is 4.15. The van der Waals surface area contributed by atoms with Crippen LogP contribution in [0.4, 0.5) is 0 Å². The molecule has 0 bridgehead atoms. The molecule has 0 unspecified atom stereocenters. The number of ketones is 1. The van der Waals surface area contributed by atoms with Gasteiger partial charge < -0.3 is 9.53 Å². The predicted molar refractivity (Wildman–Crippen MR) is 66.2 cm³/mol. The van der Waals surface area contributed by atoms with Crippen molar-refractivity contribution in [3.05, 3.63) is 28.8 Å². The standard InChI is InChI=1S/C13H17ClO2/c1-3-16-12-9-5-8-11(13(12)14)7-4-6-10(2)15/h5,8-9H,3-4,6-7H2,1-2H3. The van der Waals surface area contributed by atoms with Gasteiger partial charge in [-0.2, -0.15) is 0 Å². The maximum Gasteiger partial charge on any atom is 0.138 e. The van der Waals surface area contributed by atoms with E-state index in [0.29, 0.717) is 18.1 Å². The number of aryl methyl sites for hydroxylation is 1. The summed E-state index contributed by atoms with van der Waals surface area (Å²) >= 11 is 6.19. The Bertz CT molecular complexity index is 361. The highest BCUT2D eigenvalue weighted by Gasteiger charge is 2.06. The van der Waals surface area contributed by atoms with Gasteiger partial charge in [0.05, 0.1) is 11.6 Å². The first-order chi connectivity index (χ1) is 7.65. The molecule has 0 fully saturated rings. The summed E-state index contributed by atoms with van der Waals surface area (Å²) in [7, 11) is 0. The Morgan fingerprint density at radius 2 is 2.19 bits per heavy atom. The Balaban J connectivity index is 2.65. The second kappa shape index (κ2) is 6.54. The second-order valence-corrected chi connectivity index (χ2v) is 4.10. The molecule has 0 N–H and O–H groups in total. The monoisotopic (exact) mass is 240 g/mol. The maximum absolute atomic E-state index is 10.8. The number of rotatable bonds is 6. The lowest BCUT2D eigenvalue weighted by atomic mass is 10.1. The van der Waals surface area contributed by atoms with E-state index in [-0.39, 0.29) is 5.78 Å². The van der Waals surface area contributed by atoms with Crippen molar-refractivity contribution in [2.75, 3.05) is 6.61 Å². The molecule has 0 amide bonds. The Morgan fingerprint density at radius 3 is 2.81 bits per heavy atom. The Morgan fingerprint density at radius 1 is 1.44 bits per heavy atom. The van der Waals surface area contributed by atoms with E-state index in [4.69, 9.17) is 16.3 Å². The molecule has 0 aromatic heterocycles. The molecule has 0 saturated carbocycles. The lowest BCUT2D eigenvalue weighted by Crippen LogP contribution is -1.96.